The fraction of sp³-hybridized carbons (Fsp3) is 0.480. The fourth-order valence-corrected chi connectivity index (χ4v) is 9.84. The van der Waals surface area contributed by atoms with Gasteiger partial charge in [0.2, 0.25) is 0 Å². The number of aliphatic hydroxyl groups excluding tert-OH is 12. The van der Waals surface area contributed by atoms with Crippen LogP contribution in [0.25, 0.3) is 0 Å². The van der Waals surface area contributed by atoms with Crippen molar-refractivity contribution in [2.24, 2.45) is 0 Å². The molecule has 712 valence electrons. The van der Waals surface area contributed by atoms with Crippen LogP contribution in [-0.2, 0) is 38.0 Å². The molecule has 2 aliphatic heterocycles. The summed E-state index contributed by atoms with van der Waals surface area (Å²) in [6.45, 7) is 5.14. The van der Waals surface area contributed by atoms with E-state index in [0.29, 0.717) is 12.8 Å². The van der Waals surface area contributed by atoms with Crippen LogP contribution in [0.3, 0.4) is 0 Å². The maximum Gasteiger partial charge on any atom is 0.385 e. The van der Waals surface area contributed by atoms with Gasteiger partial charge in [-0.05, 0) is 229 Å². The molecule has 2 saturated heterocycles. The maximum atomic E-state index is 12.6. The largest absolute Gasteiger partial charge is 0.447 e. The molecule has 2 aliphatic rings. The van der Waals surface area contributed by atoms with Gasteiger partial charge in [0.05, 0.1) is 38.6 Å². The minimum atomic E-state index is -1.74. The van der Waals surface area contributed by atoms with E-state index in [-0.39, 0.29) is 81.3 Å². The van der Waals surface area contributed by atoms with E-state index in [4.69, 9.17) is 28.4 Å². The Hall–Kier alpha value is -12.7. The molecule has 2 fully saturated rings. The summed E-state index contributed by atoms with van der Waals surface area (Å²) in [7, 11) is 0. The van der Waals surface area contributed by atoms with Crippen LogP contribution < -0.4 is 0 Å². The Bertz CT molecular complexity index is 5160. The lowest BCUT2D eigenvalue weighted by Crippen LogP contribution is -2.59. The maximum absolute atomic E-state index is 12.6. The molecule has 0 aromatic heterocycles. The van der Waals surface area contributed by atoms with Gasteiger partial charge < -0.3 is 89.7 Å². The molecule has 20 nitrogen and oxygen atoms in total. The molecular formula is C100H192O20. The third-order valence-electron chi connectivity index (χ3n) is 16.0. The first kappa shape index (κ1) is 105. The Morgan fingerprint density at radius 1 is 0.308 bits per heavy atom. The molecule has 120 heavy (non-hydrogen) atoms. The molecule has 20 heteroatoms. The molecule has 0 radical (unpaired) electrons. The van der Waals surface area contributed by atoms with Crippen LogP contribution in [0, 0.1) is 296 Å². The first-order chi connectivity index (χ1) is 58.5. The van der Waals surface area contributed by atoms with E-state index < -0.39 is 136 Å². The predicted octanol–water partition coefficient (Wildman–Crippen LogP) is 14.2. The van der Waals surface area contributed by atoms with Crippen LogP contribution in [0.2, 0.25) is 0 Å². The summed E-state index contributed by atoms with van der Waals surface area (Å²) < 4.78 is 32.2. The van der Waals surface area contributed by atoms with Crippen LogP contribution in [0.4, 0.5) is 0 Å². The Labute approximate surface area is 781 Å². The highest BCUT2D eigenvalue weighted by atomic mass is 16.7. The van der Waals surface area contributed by atoms with Gasteiger partial charge in [-0.1, -0.05) is 141 Å². The van der Waals surface area contributed by atoms with Gasteiger partial charge in [0.1, 0.15) is 61.0 Å². The summed E-state index contributed by atoms with van der Waals surface area (Å²) >= 11 is 0. The minimum Gasteiger partial charge on any atom is -0.447 e. The second-order valence-corrected chi connectivity index (χ2v) is 25.1. The SMILES string of the molecule is CC#CC#CC#CC#CC#CC#CC#CC#CC#CC#CC#CC#CC(=O)O[C@@H](COC1OC(CO)C(O)C(O)C1O)[C@H](O)[C@@H](O)CCCCCCC#CCCCCCC.CC#CC#CC#CC#CC#CC#CC#CC#CC#CC#CC#CC#CC(=O)O[C@@H](COC1OC(CO)C(O)C(O)C1O)[C@H](O)[C@H](O)CCCCCCCCCCCCCC.[HH].[HH].[HH].[HH].[HH].[HH].[HH].[HH].[HH].[HH].[HH].[HH].[HH].[HH].[HH].[HH].[HH].[HH].[HH].[HH].[HH].[HH].[HH].[HH].[HH].[HH].[HH].[HH].[HH].[HH].[HH].[HH].[HH].[HH].[HH].[HH].[HH].[HH].[HH].[HH].[HH].[HH].[HH].[HH].[HH].[HH].[HH].[HH]. The molecule has 0 amide bonds. The monoisotopic (exact) mass is 1710 g/mol. The molecule has 0 aromatic rings. The second-order valence-electron chi connectivity index (χ2n) is 25.1. The van der Waals surface area contributed by atoms with Gasteiger partial charge in [0, 0.05) is 164 Å². The lowest BCUT2D eigenvalue weighted by Gasteiger charge is -2.40. The molecule has 0 bridgehead atoms. The summed E-state index contributed by atoms with van der Waals surface area (Å²) in [6.07, 6.45) is -1.05. The summed E-state index contributed by atoms with van der Waals surface area (Å²) in [5.41, 5.74) is 0. The second kappa shape index (κ2) is 75.1. The lowest BCUT2D eigenvalue weighted by molar-refractivity contribution is -0.306. The number of rotatable bonds is 37. The zero-order valence-electron chi connectivity index (χ0n) is 67.7. The van der Waals surface area contributed by atoms with Gasteiger partial charge in [-0.3, -0.25) is 0 Å². The molecule has 2 rings (SSSR count). The predicted molar refractivity (Wildman–Crippen MR) is 553 cm³/mol. The number of carbonyl (C=O) groups excluding carboxylic acids is 2. The Kier molecular flexibility index (Phi) is 65.9. The summed E-state index contributed by atoms with van der Waals surface area (Å²) in [5, 5.41) is 123. The number of hydrogen-bond donors (Lipinski definition) is 12. The highest BCUT2D eigenvalue weighted by Crippen LogP contribution is 2.26. The molecule has 0 aliphatic carbocycles. The van der Waals surface area contributed by atoms with Crippen LogP contribution in [0.15, 0.2) is 0 Å². The third-order valence-corrected chi connectivity index (χ3v) is 16.0. The highest BCUT2D eigenvalue weighted by Gasteiger charge is 2.46. The topological polar surface area (TPSA) is 332 Å². The third kappa shape index (κ3) is 55.8. The van der Waals surface area contributed by atoms with Crippen molar-refractivity contribution in [1.29, 1.82) is 0 Å². The molecule has 0 saturated carbocycles. The van der Waals surface area contributed by atoms with Crippen molar-refractivity contribution in [2.45, 2.75) is 280 Å². The van der Waals surface area contributed by atoms with Crippen molar-refractivity contribution in [1.82, 2.24) is 0 Å². The van der Waals surface area contributed by atoms with Crippen LogP contribution in [-0.4, -0.2) is 198 Å². The number of unbranched alkanes of at least 4 members (excludes halogenated alkanes) is 19. The highest BCUT2D eigenvalue weighted by molar-refractivity contribution is 5.89. The van der Waals surface area contributed by atoms with Crippen molar-refractivity contribution in [3.05, 3.63) is 0 Å². The normalized spacial score (nSPS) is 17.6. The number of esters is 2. The molecule has 2 heterocycles. The van der Waals surface area contributed by atoms with Crippen molar-refractivity contribution in [3.8, 4) is 296 Å². The number of ether oxygens (including phenoxy) is 6. The van der Waals surface area contributed by atoms with E-state index in [2.05, 4.69) is 310 Å². The smallest absolute Gasteiger partial charge is 0.385 e. The van der Waals surface area contributed by atoms with Crippen LogP contribution in [0.1, 0.15) is 250 Å². The molecule has 16 atom stereocenters. The first-order valence-electron chi connectivity index (χ1n) is 38.8. The van der Waals surface area contributed by atoms with Crippen molar-refractivity contribution in [2.75, 3.05) is 26.4 Å². The molecule has 0 spiro atoms. The molecule has 12 N–H and O–H groups in total. The standard InChI is InChI=1S/C50H50O10.C50H46O10.48H2/c2*1-3-5-7-9-11-13-15-17-18-19-20-21-22-23-24-25-26-27-29-31-33-35-37-39-45(53)59-44(41-58-50-49(57)48(56)47(55)43(40-51)60-50)46(54)42(52)38-36-34-32-30-28-16-14-12-10-8-6-4-2;;;;;;;;;;;;;;;;;;;;;;;;;;;;;;;;;;;;;;;;;;;;;;;;/h42-44,46-52,54-57H,4,6,8,10,12,14,16,28,30,32,34,36,38,40-41H2,1-2H3;42-44,46-52,54-57H,4,6,8,10,12,28,30,32,34,36,38,40-41H2,1-2H3;48*1H/t42-,43?,44+,46-,47?,48?,49?,50?;42-,43?,44-,46+,47?,48?,49?,50?;;;;;;;;;;;;;;;;;;;;;;;;;;;;;;;;;;;;;;;;;;;;;;;;/m10................................................/s1. The zero-order valence-corrected chi connectivity index (χ0v) is 67.7. The van der Waals surface area contributed by atoms with Gasteiger partial charge in [-0.2, -0.15) is 0 Å². The van der Waals surface area contributed by atoms with E-state index in [1.54, 1.807) is 13.8 Å². The van der Waals surface area contributed by atoms with E-state index >= 15 is 0 Å². The lowest BCUT2D eigenvalue weighted by atomic mass is 9.99. The molecule has 0 aromatic carbocycles. The van der Waals surface area contributed by atoms with E-state index in [9.17, 15) is 70.9 Å². The Balaban J connectivity index is -0.0000000290. The fourth-order valence-electron chi connectivity index (χ4n) is 9.84. The number of aliphatic hydroxyl groups is 12. The number of hydrogen-bond acceptors (Lipinski definition) is 20. The van der Waals surface area contributed by atoms with Crippen molar-refractivity contribution < 1.29 is 168 Å². The van der Waals surface area contributed by atoms with Crippen molar-refractivity contribution in [3.63, 3.8) is 0 Å². The first-order valence-corrected chi connectivity index (χ1v) is 38.8. The van der Waals surface area contributed by atoms with E-state index in [1.807, 2.05) is 0 Å². The molecular weight excluding hydrogens is 1520 g/mol. The minimum absolute atomic E-state index is 0. The molecule has 10 unspecified atom stereocenters. The summed E-state index contributed by atoms with van der Waals surface area (Å²) in [5.74, 6) is 122. The average molecular weight is 1710 g/mol. The summed E-state index contributed by atoms with van der Waals surface area (Å²) in [6, 6.07) is 0. The average Bonchev–Trinajstić information content (AvgIpc) is 0.819. The van der Waals surface area contributed by atoms with Crippen LogP contribution >= 0.6 is 0 Å². The van der Waals surface area contributed by atoms with Gasteiger partial charge >= 0.3 is 11.9 Å². The van der Waals surface area contributed by atoms with Gasteiger partial charge in [-0.25, -0.2) is 9.59 Å². The Morgan fingerprint density at radius 3 is 0.783 bits per heavy atom. The number of carbonyl (C=O) groups is 2. The van der Waals surface area contributed by atoms with Crippen LogP contribution in [0.5, 0.6) is 0 Å². The Morgan fingerprint density at radius 2 is 0.533 bits per heavy atom. The van der Waals surface area contributed by atoms with Gasteiger partial charge in [0.15, 0.2) is 24.8 Å². The van der Waals surface area contributed by atoms with Gasteiger partial charge in [0.25, 0.3) is 0 Å². The van der Waals surface area contributed by atoms with Gasteiger partial charge in [-0.15, -0.1) is 11.8 Å². The zero-order chi connectivity index (χ0) is 87.8. The van der Waals surface area contributed by atoms with E-state index in [0.717, 1.165) is 64.2 Å². The van der Waals surface area contributed by atoms with E-state index in [1.165, 1.54) is 64.2 Å². The quantitative estimate of drug-likeness (QED) is 0.0119. The summed E-state index contributed by atoms with van der Waals surface area (Å²) in [4.78, 5) is 25.1. The van der Waals surface area contributed by atoms with Crippen molar-refractivity contribution >= 4 is 11.9 Å².